The molecule has 1 amide bonds. The quantitative estimate of drug-likeness (QED) is 0.318. The number of carbonyl (C=O) groups excluding carboxylic acids is 1. The van der Waals surface area contributed by atoms with Gasteiger partial charge in [0, 0.05) is 31.9 Å². The number of hydrogen-bond acceptors (Lipinski definition) is 7. The van der Waals surface area contributed by atoms with Gasteiger partial charge in [0.15, 0.2) is 0 Å². The highest BCUT2D eigenvalue weighted by Crippen LogP contribution is 2.24. The highest BCUT2D eigenvalue weighted by Gasteiger charge is 2.15. The summed E-state index contributed by atoms with van der Waals surface area (Å²) in [6.07, 6.45) is 4.11. The first-order chi connectivity index (χ1) is 15.6. The Balaban J connectivity index is 1.40. The van der Waals surface area contributed by atoms with Gasteiger partial charge in [0.1, 0.15) is 23.6 Å². The van der Waals surface area contributed by atoms with Gasteiger partial charge in [0.05, 0.1) is 6.20 Å². The van der Waals surface area contributed by atoms with E-state index in [9.17, 15) is 9.90 Å². The van der Waals surface area contributed by atoms with Gasteiger partial charge in [-0.25, -0.2) is 9.97 Å². The molecular weight excluding hydrogens is 406 g/mol. The van der Waals surface area contributed by atoms with Crippen LogP contribution >= 0.6 is 0 Å². The summed E-state index contributed by atoms with van der Waals surface area (Å²) < 4.78 is 1.72. The van der Waals surface area contributed by atoms with Gasteiger partial charge in [0.2, 0.25) is 0 Å². The van der Waals surface area contributed by atoms with Crippen molar-refractivity contribution < 1.29 is 9.90 Å². The summed E-state index contributed by atoms with van der Waals surface area (Å²) in [6.45, 7) is 0. The molecule has 0 aliphatic heterocycles. The fourth-order valence-corrected chi connectivity index (χ4v) is 3.12. The second kappa shape index (κ2) is 9.71. The molecule has 4 N–H and O–H groups in total. The second-order valence-corrected chi connectivity index (χ2v) is 7.14. The van der Waals surface area contributed by atoms with E-state index < -0.39 is 12.0 Å². The number of benzene rings is 1. The third kappa shape index (κ3) is 5.27. The molecule has 0 spiro atoms. The second-order valence-electron chi connectivity index (χ2n) is 7.14. The van der Waals surface area contributed by atoms with Crippen LogP contribution in [0.4, 0.5) is 17.5 Å². The van der Waals surface area contributed by atoms with Crippen molar-refractivity contribution in [3.63, 3.8) is 0 Å². The van der Waals surface area contributed by atoms with E-state index in [4.69, 9.17) is 0 Å². The number of aliphatic hydroxyl groups is 1. The SMILES string of the molecule is Cn1nccc1Nc1cc(-c2ccnc(NNC(=O)[C@H](O)Cc3ccccc3)c2)ccn1. The lowest BCUT2D eigenvalue weighted by Gasteiger charge is -2.13. The molecule has 0 saturated carbocycles. The molecule has 0 bridgehead atoms. The van der Waals surface area contributed by atoms with Crippen molar-refractivity contribution in [2.45, 2.75) is 12.5 Å². The molecular formula is C23H23N7O2. The monoisotopic (exact) mass is 429 g/mol. The van der Waals surface area contributed by atoms with E-state index in [0.29, 0.717) is 11.6 Å². The van der Waals surface area contributed by atoms with Gasteiger partial charge in [0.25, 0.3) is 5.91 Å². The standard InChI is InChI=1S/C23H23N7O2/c1-30-22(9-12-26-30)27-20-14-17(7-10-24-20)18-8-11-25-21(15-18)28-29-23(32)19(31)13-16-5-3-2-4-6-16/h2-12,14-15,19,31H,13H2,1H3,(H,24,27)(H,25,28)(H,29,32)/t19-/m1/s1. The van der Waals surface area contributed by atoms with Crippen LogP contribution in [0.25, 0.3) is 11.1 Å². The Bertz CT molecular complexity index is 1190. The molecule has 3 heterocycles. The number of aromatic nitrogens is 4. The number of aliphatic hydroxyl groups excluding tert-OH is 1. The summed E-state index contributed by atoms with van der Waals surface area (Å²) >= 11 is 0. The number of nitrogens with zero attached hydrogens (tertiary/aromatic N) is 4. The van der Waals surface area contributed by atoms with Crippen molar-refractivity contribution in [3.05, 3.63) is 84.8 Å². The predicted molar refractivity (Wildman–Crippen MR) is 122 cm³/mol. The molecule has 0 fully saturated rings. The van der Waals surface area contributed by atoms with E-state index in [1.807, 2.05) is 61.6 Å². The molecule has 1 atom stereocenters. The van der Waals surface area contributed by atoms with Crippen LogP contribution in [0.15, 0.2) is 79.3 Å². The summed E-state index contributed by atoms with van der Waals surface area (Å²) in [5.74, 6) is 1.41. The van der Waals surface area contributed by atoms with Gasteiger partial charge in [-0.05, 0) is 41.0 Å². The van der Waals surface area contributed by atoms with Crippen molar-refractivity contribution >= 4 is 23.4 Å². The van der Waals surface area contributed by atoms with E-state index in [2.05, 4.69) is 31.2 Å². The lowest BCUT2D eigenvalue weighted by molar-refractivity contribution is -0.128. The van der Waals surface area contributed by atoms with Crippen LogP contribution in [0.5, 0.6) is 0 Å². The molecule has 32 heavy (non-hydrogen) atoms. The van der Waals surface area contributed by atoms with Crippen molar-refractivity contribution in [2.24, 2.45) is 7.05 Å². The first kappa shape index (κ1) is 21.0. The highest BCUT2D eigenvalue weighted by atomic mass is 16.3. The van der Waals surface area contributed by atoms with Gasteiger partial charge < -0.3 is 10.4 Å². The molecule has 0 radical (unpaired) electrons. The third-order valence-electron chi connectivity index (χ3n) is 4.82. The lowest BCUT2D eigenvalue weighted by atomic mass is 10.1. The average Bonchev–Trinajstić information content (AvgIpc) is 3.22. The van der Waals surface area contributed by atoms with Crippen LogP contribution in [0.3, 0.4) is 0 Å². The fraction of sp³-hybridized carbons (Fsp3) is 0.130. The maximum atomic E-state index is 12.2. The van der Waals surface area contributed by atoms with E-state index in [0.717, 1.165) is 22.5 Å². The zero-order chi connectivity index (χ0) is 22.3. The van der Waals surface area contributed by atoms with Crippen molar-refractivity contribution in [1.82, 2.24) is 25.2 Å². The van der Waals surface area contributed by atoms with Gasteiger partial charge in [-0.1, -0.05) is 30.3 Å². The Labute approximate surface area is 185 Å². The third-order valence-corrected chi connectivity index (χ3v) is 4.82. The van der Waals surface area contributed by atoms with Crippen molar-refractivity contribution in [1.29, 1.82) is 0 Å². The van der Waals surface area contributed by atoms with E-state index in [-0.39, 0.29) is 6.42 Å². The average molecular weight is 429 g/mol. The topological polar surface area (TPSA) is 117 Å². The molecule has 0 saturated heterocycles. The van der Waals surface area contributed by atoms with Crippen molar-refractivity contribution in [2.75, 3.05) is 10.7 Å². The van der Waals surface area contributed by atoms with Gasteiger partial charge in [-0.15, -0.1) is 0 Å². The van der Waals surface area contributed by atoms with Gasteiger partial charge in [-0.3, -0.25) is 20.3 Å². The van der Waals surface area contributed by atoms with Crippen LogP contribution in [0.1, 0.15) is 5.56 Å². The van der Waals surface area contributed by atoms with Crippen LogP contribution in [0.2, 0.25) is 0 Å². The lowest BCUT2D eigenvalue weighted by Crippen LogP contribution is -2.39. The minimum atomic E-state index is -1.17. The number of anilines is 3. The molecule has 9 nitrogen and oxygen atoms in total. The van der Waals surface area contributed by atoms with Gasteiger partial charge >= 0.3 is 0 Å². The largest absolute Gasteiger partial charge is 0.383 e. The van der Waals surface area contributed by atoms with Crippen molar-refractivity contribution in [3.8, 4) is 11.1 Å². The molecule has 3 aromatic heterocycles. The van der Waals surface area contributed by atoms with E-state index >= 15 is 0 Å². The summed E-state index contributed by atoms with van der Waals surface area (Å²) in [5, 5.41) is 17.5. The summed E-state index contributed by atoms with van der Waals surface area (Å²) in [4.78, 5) is 20.8. The highest BCUT2D eigenvalue weighted by molar-refractivity contribution is 5.82. The number of pyridine rings is 2. The maximum absolute atomic E-state index is 12.2. The number of rotatable bonds is 8. The molecule has 9 heteroatoms. The van der Waals surface area contributed by atoms with Crippen LogP contribution in [0, 0.1) is 0 Å². The molecule has 0 aliphatic carbocycles. The maximum Gasteiger partial charge on any atom is 0.267 e. The van der Waals surface area contributed by atoms with Crippen LogP contribution in [-0.4, -0.2) is 36.9 Å². The summed E-state index contributed by atoms with van der Waals surface area (Å²) in [7, 11) is 1.85. The molecule has 4 rings (SSSR count). The predicted octanol–water partition coefficient (Wildman–Crippen LogP) is 2.67. The number of amides is 1. The molecule has 4 aromatic rings. The number of carbonyl (C=O) groups is 1. The Kier molecular flexibility index (Phi) is 6.38. The van der Waals surface area contributed by atoms with Crippen LogP contribution in [-0.2, 0) is 18.3 Å². The molecule has 162 valence electrons. The first-order valence-corrected chi connectivity index (χ1v) is 10.0. The Morgan fingerprint density at radius 1 is 0.969 bits per heavy atom. The zero-order valence-electron chi connectivity index (χ0n) is 17.4. The number of hydrazine groups is 1. The zero-order valence-corrected chi connectivity index (χ0v) is 17.4. The molecule has 0 unspecified atom stereocenters. The fourth-order valence-electron chi connectivity index (χ4n) is 3.12. The first-order valence-electron chi connectivity index (χ1n) is 10.0. The number of hydrogen-bond donors (Lipinski definition) is 4. The Morgan fingerprint density at radius 3 is 2.34 bits per heavy atom. The molecule has 1 aromatic carbocycles. The number of aryl methyl sites for hydroxylation is 1. The Hall–Kier alpha value is -4.24. The number of nitrogens with one attached hydrogen (secondary N) is 3. The minimum absolute atomic E-state index is 0.227. The van der Waals surface area contributed by atoms with Gasteiger partial charge in [-0.2, -0.15) is 5.10 Å². The summed E-state index contributed by atoms with van der Waals surface area (Å²) in [5.41, 5.74) is 7.96. The normalized spacial score (nSPS) is 11.6. The van der Waals surface area contributed by atoms with E-state index in [1.54, 1.807) is 29.3 Å². The Morgan fingerprint density at radius 2 is 1.66 bits per heavy atom. The smallest absolute Gasteiger partial charge is 0.267 e. The van der Waals surface area contributed by atoms with Crippen LogP contribution < -0.4 is 16.2 Å². The van der Waals surface area contributed by atoms with E-state index in [1.165, 1.54) is 0 Å². The minimum Gasteiger partial charge on any atom is -0.383 e. The summed E-state index contributed by atoms with van der Waals surface area (Å²) in [6, 6.07) is 18.7. The molecule has 0 aliphatic rings.